The average molecular weight is 553 g/mol. The van der Waals surface area contributed by atoms with E-state index in [1.165, 1.54) is 12.8 Å². The number of pyridine rings is 1. The average Bonchev–Trinajstić information content (AvgIpc) is 3.77. The molecule has 1 fully saturated rings. The summed E-state index contributed by atoms with van der Waals surface area (Å²) in [5.74, 6) is -0.293. The number of halogens is 3. The van der Waals surface area contributed by atoms with Crippen molar-refractivity contribution in [1.29, 1.82) is 5.41 Å². The SMILES string of the molecule is COCC1CC1.N=C(O/C(N)=N/C1N=C(c2ccccc2)c2ccccc2NC1=O)c1ccc(C(F)(F)F)cn1. The fourth-order valence-electron chi connectivity index (χ4n) is 3.68. The molecule has 3 aromatic rings. The molecule has 1 unspecified atom stereocenters. The third kappa shape index (κ3) is 7.50. The summed E-state index contributed by atoms with van der Waals surface area (Å²) >= 11 is 0. The largest absolute Gasteiger partial charge is 0.417 e. The van der Waals surface area contributed by atoms with Gasteiger partial charge in [0, 0.05) is 31.0 Å². The van der Waals surface area contributed by atoms with Gasteiger partial charge >= 0.3 is 6.18 Å². The summed E-state index contributed by atoms with van der Waals surface area (Å²) < 4.78 is 48.1. The number of hydrogen-bond donors (Lipinski definition) is 3. The molecule has 9 nitrogen and oxygen atoms in total. The highest BCUT2D eigenvalue weighted by molar-refractivity contribution is 6.19. The lowest BCUT2D eigenvalue weighted by atomic mass is 10.0. The van der Waals surface area contributed by atoms with Crippen LogP contribution in [0.5, 0.6) is 0 Å². The number of anilines is 1. The number of fused-ring (bicyclic) bond motifs is 1. The molecule has 2 aromatic carbocycles. The van der Waals surface area contributed by atoms with Crippen LogP contribution in [0.15, 0.2) is 82.9 Å². The molecule has 1 amide bonds. The molecule has 1 aromatic heterocycles. The Morgan fingerprint density at radius 1 is 1.10 bits per heavy atom. The number of methoxy groups -OCH3 is 1. The third-order valence-corrected chi connectivity index (χ3v) is 5.85. The second-order valence-corrected chi connectivity index (χ2v) is 8.98. The molecule has 0 radical (unpaired) electrons. The highest BCUT2D eigenvalue weighted by Gasteiger charge is 2.31. The Kier molecular flexibility index (Phi) is 8.90. The molecule has 1 atom stereocenters. The zero-order chi connectivity index (χ0) is 28.7. The zero-order valence-electron chi connectivity index (χ0n) is 21.5. The van der Waals surface area contributed by atoms with Crippen molar-refractivity contribution < 1.29 is 27.4 Å². The van der Waals surface area contributed by atoms with Gasteiger partial charge in [0.1, 0.15) is 5.69 Å². The number of para-hydroxylation sites is 1. The predicted molar refractivity (Wildman–Crippen MR) is 144 cm³/mol. The quantitative estimate of drug-likeness (QED) is 0.314. The second kappa shape index (κ2) is 12.5. The van der Waals surface area contributed by atoms with Crippen molar-refractivity contribution in [1.82, 2.24) is 4.98 Å². The first-order valence-corrected chi connectivity index (χ1v) is 12.3. The summed E-state index contributed by atoms with van der Waals surface area (Å²) in [5, 5.41) is 10.7. The number of amides is 1. The van der Waals surface area contributed by atoms with E-state index in [9.17, 15) is 18.0 Å². The number of alkyl halides is 3. The van der Waals surface area contributed by atoms with E-state index in [0.717, 1.165) is 30.2 Å². The van der Waals surface area contributed by atoms with Crippen molar-refractivity contribution in [3.05, 3.63) is 95.3 Å². The summed E-state index contributed by atoms with van der Waals surface area (Å²) in [6.45, 7) is 0.986. The molecule has 1 saturated carbocycles. The monoisotopic (exact) mass is 552 g/mol. The van der Waals surface area contributed by atoms with E-state index in [0.29, 0.717) is 23.2 Å². The van der Waals surface area contributed by atoms with Crippen molar-refractivity contribution in [3.8, 4) is 0 Å². The zero-order valence-corrected chi connectivity index (χ0v) is 21.5. The molecule has 2 heterocycles. The Balaban J connectivity index is 0.000000546. The number of nitrogens with zero attached hydrogens (tertiary/aromatic N) is 3. The van der Waals surface area contributed by atoms with E-state index < -0.39 is 35.7 Å². The lowest BCUT2D eigenvalue weighted by Gasteiger charge is -2.10. The van der Waals surface area contributed by atoms with Gasteiger partial charge in [-0.1, -0.05) is 48.5 Å². The Bertz CT molecular complexity index is 1400. The fourth-order valence-corrected chi connectivity index (χ4v) is 3.68. The maximum Gasteiger partial charge on any atom is 0.417 e. The Hall–Kier alpha value is -4.58. The lowest BCUT2D eigenvalue weighted by molar-refractivity contribution is -0.137. The number of amidine groups is 1. The number of ether oxygens (including phenoxy) is 2. The number of aromatic nitrogens is 1. The first kappa shape index (κ1) is 28.4. The van der Waals surface area contributed by atoms with Gasteiger partial charge in [-0.25, -0.2) is 4.99 Å². The van der Waals surface area contributed by atoms with Crippen LogP contribution in [0, 0.1) is 11.3 Å². The van der Waals surface area contributed by atoms with Crippen LogP contribution >= 0.6 is 0 Å². The normalized spacial score (nSPS) is 16.9. The van der Waals surface area contributed by atoms with Crippen molar-refractivity contribution in [2.45, 2.75) is 25.2 Å². The van der Waals surface area contributed by atoms with Crippen LogP contribution in [0.25, 0.3) is 0 Å². The van der Waals surface area contributed by atoms with E-state index in [1.54, 1.807) is 25.3 Å². The maximum atomic E-state index is 12.8. The first-order valence-electron chi connectivity index (χ1n) is 12.3. The standard InChI is InChI=1S/C23H17F3N6O2.C5H10O/c24-23(25,26)14-10-11-17(29-12-14)19(27)34-22(28)32-20-21(33)30-16-9-5-4-8-15(16)18(31-20)13-6-2-1-3-7-13;1-6-4-5-2-3-5/h1-12,20,27H,(H2,28,32)(H,30,33);5H,2-4H2,1H3. The topological polar surface area (TPSA) is 135 Å². The smallest absolute Gasteiger partial charge is 0.405 e. The molecule has 208 valence electrons. The minimum Gasteiger partial charge on any atom is -0.405 e. The van der Waals surface area contributed by atoms with Crippen molar-refractivity contribution in [2.75, 3.05) is 19.0 Å². The number of benzodiazepines with no additional fused rings is 1. The van der Waals surface area contributed by atoms with Crippen LogP contribution in [-0.2, 0) is 20.4 Å². The molecule has 2 aliphatic rings. The minimum atomic E-state index is -4.56. The van der Waals surface area contributed by atoms with Crippen LogP contribution in [0.3, 0.4) is 0 Å². The number of carbonyl (C=O) groups excluding carboxylic acids is 1. The fraction of sp³-hybridized carbons (Fsp3) is 0.250. The van der Waals surface area contributed by atoms with Gasteiger partial charge in [-0.05, 0) is 37.0 Å². The van der Waals surface area contributed by atoms with E-state index in [2.05, 4.69) is 20.3 Å². The summed E-state index contributed by atoms with van der Waals surface area (Å²) in [7, 11) is 1.76. The maximum absolute atomic E-state index is 12.8. The molecule has 5 rings (SSSR count). The van der Waals surface area contributed by atoms with Gasteiger partial charge in [0.25, 0.3) is 11.9 Å². The molecule has 0 bridgehead atoms. The summed E-state index contributed by atoms with van der Waals surface area (Å²) in [5.41, 5.74) is 7.06. The van der Waals surface area contributed by atoms with Gasteiger partial charge in [-0.2, -0.15) is 18.2 Å². The van der Waals surface area contributed by atoms with E-state index in [1.807, 2.05) is 36.4 Å². The molecule has 12 heteroatoms. The van der Waals surface area contributed by atoms with Gasteiger partial charge in [0.05, 0.1) is 17.0 Å². The van der Waals surface area contributed by atoms with E-state index in [4.69, 9.17) is 20.6 Å². The second-order valence-electron chi connectivity index (χ2n) is 8.98. The van der Waals surface area contributed by atoms with Crippen LogP contribution in [-0.4, -0.2) is 48.4 Å². The molecular weight excluding hydrogens is 525 g/mol. The van der Waals surface area contributed by atoms with Crippen LogP contribution < -0.4 is 11.1 Å². The van der Waals surface area contributed by atoms with Gasteiger partial charge in [0.15, 0.2) is 0 Å². The highest BCUT2D eigenvalue weighted by Crippen LogP contribution is 2.29. The Labute approximate surface area is 228 Å². The minimum absolute atomic E-state index is 0.197. The summed E-state index contributed by atoms with van der Waals surface area (Å²) in [6.07, 6.45) is -2.53. The molecule has 0 saturated heterocycles. The lowest BCUT2D eigenvalue weighted by Crippen LogP contribution is -2.29. The van der Waals surface area contributed by atoms with Gasteiger partial charge < -0.3 is 20.5 Å². The molecule has 1 aliphatic carbocycles. The van der Waals surface area contributed by atoms with Gasteiger partial charge in [-0.15, -0.1) is 0 Å². The number of nitrogens with two attached hydrogens (primary N) is 1. The number of benzene rings is 2. The summed E-state index contributed by atoms with van der Waals surface area (Å²) in [4.78, 5) is 24.8. The molecular formula is C28H27F3N6O3. The van der Waals surface area contributed by atoms with Crippen LogP contribution in [0.4, 0.5) is 18.9 Å². The highest BCUT2D eigenvalue weighted by atomic mass is 19.4. The van der Waals surface area contributed by atoms with Crippen molar-refractivity contribution in [2.24, 2.45) is 21.6 Å². The molecule has 0 spiro atoms. The first-order chi connectivity index (χ1) is 19.2. The molecule has 4 N–H and O–H groups in total. The van der Waals surface area contributed by atoms with Crippen LogP contribution in [0.2, 0.25) is 0 Å². The predicted octanol–water partition coefficient (Wildman–Crippen LogP) is 4.62. The Morgan fingerprint density at radius 3 is 2.40 bits per heavy atom. The number of hydrogen-bond acceptors (Lipinski definition) is 7. The molecule has 40 heavy (non-hydrogen) atoms. The van der Waals surface area contributed by atoms with Crippen molar-refractivity contribution in [3.63, 3.8) is 0 Å². The third-order valence-electron chi connectivity index (χ3n) is 5.85. The summed E-state index contributed by atoms with van der Waals surface area (Å²) in [6, 6.07) is 17.4. The van der Waals surface area contributed by atoms with E-state index in [-0.39, 0.29) is 5.69 Å². The number of aliphatic imine (C=N–C) groups is 2. The van der Waals surface area contributed by atoms with E-state index >= 15 is 0 Å². The Morgan fingerprint density at radius 2 is 1.80 bits per heavy atom. The van der Waals surface area contributed by atoms with Gasteiger partial charge in [0.2, 0.25) is 12.1 Å². The van der Waals surface area contributed by atoms with Crippen molar-refractivity contribution >= 4 is 29.2 Å². The van der Waals surface area contributed by atoms with Gasteiger partial charge in [-0.3, -0.25) is 15.2 Å². The number of nitrogens with one attached hydrogen (secondary N) is 2. The number of rotatable bonds is 5. The number of carbonyl (C=O) groups is 1. The molecule has 1 aliphatic heterocycles. The van der Waals surface area contributed by atoms with Crippen LogP contribution in [0.1, 0.15) is 35.2 Å².